The maximum Gasteiger partial charge on any atom is 0.127 e. The van der Waals surface area contributed by atoms with E-state index in [1.807, 2.05) is 30.3 Å². The lowest BCUT2D eigenvalue weighted by atomic mass is 10.1. The summed E-state index contributed by atoms with van der Waals surface area (Å²) in [6, 6.07) is 14.2. The molecule has 22 heavy (non-hydrogen) atoms. The number of nitrogens with one attached hydrogen (secondary N) is 1. The molecule has 0 amide bonds. The smallest absolute Gasteiger partial charge is 0.127 e. The van der Waals surface area contributed by atoms with Gasteiger partial charge in [0.15, 0.2) is 0 Å². The molecule has 1 N–H and O–H groups in total. The Morgan fingerprint density at radius 2 is 1.95 bits per heavy atom. The summed E-state index contributed by atoms with van der Waals surface area (Å²) < 4.78 is 19.2. The molecule has 116 valence electrons. The molecule has 0 aliphatic rings. The zero-order valence-corrected chi connectivity index (χ0v) is 12.9. The quantitative estimate of drug-likeness (QED) is 0.594. The second-order valence-corrected chi connectivity index (χ2v) is 5.49. The molecule has 3 nitrogen and oxygen atoms in total. The fourth-order valence-corrected chi connectivity index (χ4v) is 1.85. The molecule has 0 aliphatic carbocycles. The highest BCUT2D eigenvalue weighted by Crippen LogP contribution is 2.16. The summed E-state index contributed by atoms with van der Waals surface area (Å²) in [5.41, 5.74) is 4.43. The van der Waals surface area contributed by atoms with Crippen molar-refractivity contribution in [2.45, 2.75) is 20.3 Å². The van der Waals surface area contributed by atoms with Gasteiger partial charge in [0.25, 0.3) is 0 Å². The first-order chi connectivity index (χ1) is 10.6. The van der Waals surface area contributed by atoms with E-state index in [2.05, 4.69) is 24.4 Å². The van der Waals surface area contributed by atoms with Gasteiger partial charge in [-0.25, -0.2) is 4.39 Å². The Labute approximate surface area is 130 Å². The van der Waals surface area contributed by atoms with Crippen LogP contribution in [-0.2, 0) is 0 Å². The van der Waals surface area contributed by atoms with Crippen LogP contribution in [0.2, 0.25) is 0 Å². The van der Waals surface area contributed by atoms with Crippen molar-refractivity contribution in [1.29, 1.82) is 0 Å². The van der Waals surface area contributed by atoms with E-state index in [-0.39, 0.29) is 5.82 Å². The van der Waals surface area contributed by atoms with E-state index >= 15 is 0 Å². The first-order valence-corrected chi connectivity index (χ1v) is 7.41. The van der Waals surface area contributed by atoms with Crippen molar-refractivity contribution in [3.05, 3.63) is 59.9 Å². The van der Waals surface area contributed by atoms with E-state index in [0.29, 0.717) is 23.8 Å². The Hall–Kier alpha value is -2.36. The number of ether oxygens (including phenoxy) is 1. The SMILES string of the molecule is CC(C)CCOc1cc(F)cc(C=NNc2ccccc2)c1. The zero-order valence-electron chi connectivity index (χ0n) is 12.9. The van der Waals surface area contributed by atoms with Gasteiger partial charge >= 0.3 is 0 Å². The van der Waals surface area contributed by atoms with Crippen LogP contribution < -0.4 is 10.2 Å². The second-order valence-electron chi connectivity index (χ2n) is 5.49. The van der Waals surface area contributed by atoms with E-state index in [1.54, 1.807) is 12.3 Å². The summed E-state index contributed by atoms with van der Waals surface area (Å²) in [7, 11) is 0. The van der Waals surface area contributed by atoms with Crippen molar-refractivity contribution in [2.24, 2.45) is 11.0 Å². The number of anilines is 1. The molecular weight excluding hydrogens is 279 g/mol. The number of hydrogen-bond donors (Lipinski definition) is 1. The standard InChI is InChI=1S/C18H21FN2O/c1-14(2)8-9-22-18-11-15(10-16(19)12-18)13-20-21-17-6-4-3-5-7-17/h3-7,10-14,21H,8-9H2,1-2H3. The predicted octanol–water partition coefficient (Wildman–Crippen LogP) is 4.70. The summed E-state index contributed by atoms with van der Waals surface area (Å²) >= 11 is 0. The molecule has 2 rings (SSSR count). The van der Waals surface area contributed by atoms with Crippen molar-refractivity contribution in [2.75, 3.05) is 12.0 Å². The normalized spacial score (nSPS) is 11.1. The topological polar surface area (TPSA) is 33.6 Å². The van der Waals surface area contributed by atoms with Crippen molar-refractivity contribution in [3.8, 4) is 5.75 Å². The third-order valence-electron chi connectivity index (χ3n) is 3.04. The lowest BCUT2D eigenvalue weighted by Crippen LogP contribution is -2.02. The monoisotopic (exact) mass is 300 g/mol. The summed E-state index contributed by atoms with van der Waals surface area (Å²) in [4.78, 5) is 0. The Morgan fingerprint density at radius 1 is 1.18 bits per heavy atom. The minimum Gasteiger partial charge on any atom is -0.493 e. The molecule has 0 aliphatic heterocycles. The van der Waals surface area contributed by atoms with Crippen LogP contribution in [0.4, 0.5) is 10.1 Å². The van der Waals surface area contributed by atoms with Gasteiger partial charge in [0.05, 0.1) is 18.5 Å². The molecule has 2 aromatic carbocycles. The summed E-state index contributed by atoms with van der Waals surface area (Å²) in [5, 5.41) is 4.11. The van der Waals surface area contributed by atoms with E-state index in [9.17, 15) is 4.39 Å². The molecule has 0 spiro atoms. The van der Waals surface area contributed by atoms with Crippen molar-refractivity contribution in [1.82, 2.24) is 0 Å². The average molecular weight is 300 g/mol. The molecule has 0 saturated heterocycles. The molecule has 0 unspecified atom stereocenters. The molecule has 4 heteroatoms. The minimum atomic E-state index is -0.330. The highest BCUT2D eigenvalue weighted by molar-refractivity contribution is 5.80. The third kappa shape index (κ3) is 5.56. The first kappa shape index (κ1) is 16.0. The Bertz CT molecular complexity index is 612. The van der Waals surface area contributed by atoms with E-state index < -0.39 is 0 Å². The Morgan fingerprint density at radius 3 is 2.68 bits per heavy atom. The van der Waals surface area contributed by atoms with E-state index in [1.165, 1.54) is 12.1 Å². The minimum absolute atomic E-state index is 0.330. The molecule has 0 radical (unpaired) electrons. The molecule has 0 bridgehead atoms. The maximum atomic E-state index is 13.6. The molecule has 2 aromatic rings. The molecule has 0 atom stereocenters. The summed E-state index contributed by atoms with van der Waals surface area (Å²) in [6.45, 7) is 4.84. The number of rotatable bonds is 7. The molecule has 0 fully saturated rings. The Balaban J connectivity index is 1.97. The largest absolute Gasteiger partial charge is 0.493 e. The van der Waals surface area contributed by atoms with Crippen molar-refractivity contribution >= 4 is 11.9 Å². The van der Waals surface area contributed by atoms with Gasteiger partial charge in [-0.15, -0.1) is 0 Å². The van der Waals surface area contributed by atoms with Crippen LogP contribution in [0.3, 0.4) is 0 Å². The zero-order chi connectivity index (χ0) is 15.8. The van der Waals surface area contributed by atoms with Gasteiger partial charge in [-0.05, 0) is 36.6 Å². The van der Waals surface area contributed by atoms with Gasteiger partial charge in [-0.2, -0.15) is 5.10 Å². The number of halogens is 1. The number of benzene rings is 2. The summed E-state index contributed by atoms with van der Waals surface area (Å²) in [6.07, 6.45) is 2.51. The maximum absolute atomic E-state index is 13.6. The molecule has 0 heterocycles. The number of hydrazone groups is 1. The second kappa shape index (κ2) is 8.17. The predicted molar refractivity (Wildman–Crippen MR) is 89.0 cm³/mol. The van der Waals surface area contributed by atoms with Crippen LogP contribution in [0.1, 0.15) is 25.8 Å². The van der Waals surface area contributed by atoms with Gasteiger partial charge in [0.2, 0.25) is 0 Å². The van der Waals surface area contributed by atoms with E-state index in [0.717, 1.165) is 12.1 Å². The lowest BCUT2D eigenvalue weighted by molar-refractivity contribution is 0.288. The lowest BCUT2D eigenvalue weighted by Gasteiger charge is -2.08. The first-order valence-electron chi connectivity index (χ1n) is 7.41. The number of nitrogens with zero attached hydrogens (tertiary/aromatic N) is 1. The van der Waals surface area contributed by atoms with Crippen molar-refractivity contribution in [3.63, 3.8) is 0 Å². The number of hydrogen-bond acceptors (Lipinski definition) is 3. The van der Waals surface area contributed by atoms with Crippen LogP contribution >= 0.6 is 0 Å². The fourth-order valence-electron chi connectivity index (χ4n) is 1.85. The van der Waals surface area contributed by atoms with E-state index in [4.69, 9.17) is 4.74 Å². The average Bonchev–Trinajstić information content (AvgIpc) is 2.47. The van der Waals surface area contributed by atoms with Crippen LogP contribution in [0, 0.1) is 11.7 Å². The third-order valence-corrected chi connectivity index (χ3v) is 3.04. The molecule has 0 aromatic heterocycles. The van der Waals surface area contributed by atoms with Gasteiger partial charge in [-0.1, -0.05) is 32.0 Å². The summed E-state index contributed by atoms with van der Waals surface area (Å²) in [5.74, 6) is 0.759. The Kier molecular flexibility index (Phi) is 5.95. The van der Waals surface area contributed by atoms with Gasteiger partial charge in [-0.3, -0.25) is 5.43 Å². The molecule has 0 saturated carbocycles. The van der Waals surface area contributed by atoms with Crippen LogP contribution in [-0.4, -0.2) is 12.8 Å². The fraction of sp³-hybridized carbons (Fsp3) is 0.278. The van der Waals surface area contributed by atoms with Gasteiger partial charge < -0.3 is 4.74 Å². The van der Waals surface area contributed by atoms with Gasteiger partial charge in [0.1, 0.15) is 11.6 Å². The van der Waals surface area contributed by atoms with Crippen molar-refractivity contribution < 1.29 is 9.13 Å². The highest BCUT2D eigenvalue weighted by Gasteiger charge is 2.02. The van der Waals surface area contributed by atoms with Crippen LogP contribution in [0.25, 0.3) is 0 Å². The highest BCUT2D eigenvalue weighted by atomic mass is 19.1. The molecular formula is C18H21FN2O. The van der Waals surface area contributed by atoms with Gasteiger partial charge in [0, 0.05) is 11.6 Å². The van der Waals surface area contributed by atoms with Crippen LogP contribution in [0.15, 0.2) is 53.6 Å². The number of para-hydroxylation sites is 1. The van der Waals surface area contributed by atoms with Crippen LogP contribution in [0.5, 0.6) is 5.75 Å².